The number of ether oxygens (including phenoxy) is 3. The van der Waals surface area contributed by atoms with Crippen molar-refractivity contribution in [3.63, 3.8) is 0 Å². The number of phosphoric acid groups is 1. The fraction of sp³-hybridized carbons (Fsp3) is 0.822. The van der Waals surface area contributed by atoms with Crippen molar-refractivity contribution < 1.29 is 42.3 Å². The molecule has 0 spiro atoms. The highest BCUT2D eigenvalue weighted by molar-refractivity contribution is 7.47. The van der Waals surface area contributed by atoms with E-state index >= 15 is 0 Å². The zero-order valence-corrected chi connectivity index (χ0v) is 36.5. The predicted octanol–water partition coefficient (Wildman–Crippen LogP) is 11.9. The van der Waals surface area contributed by atoms with Gasteiger partial charge < -0.3 is 24.8 Å². The van der Waals surface area contributed by atoms with Crippen LogP contribution in [0.3, 0.4) is 0 Å². The maximum atomic E-state index is 12.6. The van der Waals surface area contributed by atoms with Gasteiger partial charge in [-0.3, -0.25) is 18.6 Å². The Morgan fingerprint density at radius 3 is 1.75 bits per heavy atom. The minimum atomic E-state index is -4.39. The van der Waals surface area contributed by atoms with E-state index in [1.807, 2.05) is 0 Å². The van der Waals surface area contributed by atoms with Crippen molar-refractivity contribution >= 4 is 19.8 Å². The number of phosphoric ester groups is 1. The van der Waals surface area contributed by atoms with Crippen molar-refractivity contribution in [1.29, 1.82) is 0 Å². The highest BCUT2D eigenvalue weighted by Crippen LogP contribution is 2.43. The van der Waals surface area contributed by atoms with Gasteiger partial charge in [-0.15, -0.1) is 0 Å². The summed E-state index contributed by atoms with van der Waals surface area (Å²) in [6, 6.07) is 0. The van der Waals surface area contributed by atoms with Crippen LogP contribution < -0.4 is 5.73 Å². The number of hydrogen-bond acceptors (Lipinski definition) is 9. The van der Waals surface area contributed by atoms with Crippen molar-refractivity contribution in [3.05, 3.63) is 36.5 Å². The van der Waals surface area contributed by atoms with E-state index in [1.165, 1.54) is 77.0 Å². The van der Waals surface area contributed by atoms with Crippen LogP contribution in [0.2, 0.25) is 0 Å². The molecule has 1 aliphatic rings. The standard InChI is InChI=1S/C45H82NO9P/c1-3-5-7-9-11-12-13-14-15-16-17-18-19-20-21-22-23-27-31-35-44(47)51-39-41(40-53-56(49,50)52-38-37-46)54-45(48)36-32-28-24-26-30-34-43-42(55-43)33-29-25-10-8-6-4-2/h11-12,14-15,25,29,41-43H,3-10,13,16-24,26-28,30-40,46H2,1-2H3,(H,49,50)/b12-11-,15-14-,29-25-/t41-,42?,43?/m1/s1. The lowest BCUT2D eigenvalue weighted by Crippen LogP contribution is -2.29. The Hall–Kier alpha value is -1.81. The lowest BCUT2D eigenvalue weighted by molar-refractivity contribution is -0.161. The largest absolute Gasteiger partial charge is 0.472 e. The quantitative estimate of drug-likeness (QED) is 0.0201. The van der Waals surface area contributed by atoms with E-state index in [-0.39, 0.29) is 32.6 Å². The Morgan fingerprint density at radius 1 is 0.643 bits per heavy atom. The molecule has 326 valence electrons. The molecule has 10 nitrogen and oxygen atoms in total. The third-order valence-electron chi connectivity index (χ3n) is 9.92. The molecule has 1 aliphatic heterocycles. The van der Waals surface area contributed by atoms with Gasteiger partial charge in [0.25, 0.3) is 0 Å². The molecule has 0 radical (unpaired) electrons. The Labute approximate surface area is 341 Å². The molecule has 4 atom stereocenters. The van der Waals surface area contributed by atoms with Gasteiger partial charge in [0.05, 0.1) is 25.4 Å². The van der Waals surface area contributed by atoms with Gasteiger partial charge in [0.15, 0.2) is 6.10 Å². The highest BCUT2D eigenvalue weighted by atomic mass is 31.2. The van der Waals surface area contributed by atoms with Crippen molar-refractivity contribution in [2.24, 2.45) is 5.73 Å². The van der Waals surface area contributed by atoms with E-state index in [9.17, 15) is 19.0 Å². The summed E-state index contributed by atoms with van der Waals surface area (Å²) in [7, 11) is -4.39. The number of hydrogen-bond donors (Lipinski definition) is 2. The van der Waals surface area contributed by atoms with Gasteiger partial charge in [-0.1, -0.05) is 147 Å². The normalized spacial score (nSPS) is 17.2. The fourth-order valence-electron chi connectivity index (χ4n) is 6.44. The third kappa shape index (κ3) is 34.3. The van der Waals surface area contributed by atoms with Crippen molar-refractivity contribution in [1.82, 2.24) is 0 Å². The lowest BCUT2D eigenvalue weighted by atomic mass is 10.1. The lowest BCUT2D eigenvalue weighted by Gasteiger charge is -2.19. The molecular formula is C45H82NO9P. The predicted molar refractivity (Wildman–Crippen MR) is 228 cm³/mol. The topological polar surface area (TPSA) is 147 Å². The molecule has 1 rings (SSSR count). The number of epoxide rings is 1. The molecule has 1 saturated heterocycles. The average Bonchev–Trinajstić information content (AvgIpc) is 3.94. The van der Waals surface area contributed by atoms with Gasteiger partial charge >= 0.3 is 19.8 Å². The summed E-state index contributed by atoms with van der Waals surface area (Å²) < 4.78 is 38.6. The first-order valence-corrected chi connectivity index (χ1v) is 24.1. The number of carbonyl (C=O) groups excluding carboxylic acids is 2. The van der Waals surface area contributed by atoms with E-state index in [0.29, 0.717) is 18.6 Å². The van der Waals surface area contributed by atoms with Crippen LogP contribution in [0.5, 0.6) is 0 Å². The molecule has 3 N–H and O–H groups in total. The van der Waals surface area contributed by atoms with Crippen LogP contribution in [0.1, 0.15) is 194 Å². The van der Waals surface area contributed by atoms with Crippen LogP contribution in [0.15, 0.2) is 36.5 Å². The van der Waals surface area contributed by atoms with Crippen molar-refractivity contribution in [3.8, 4) is 0 Å². The Kier molecular flexibility index (Phi) is 34.9. The zero-order chi connectivity index (χ0) is 40.8. The van der Waals surface area contributed by atoms with E-state index in [1.54, 1.807) is 0 Å². The molecule has 0 aromatic heterocycles. The van der Waals surface area contributed by atoms with Gasteiger partial charge in [-0.2, -0.15) is 0 Å². The monoisotopic (exact) mass is 812 g/mol. The summed E-state index contributed by atoms with van der Waals surface area (Å²) in [5.74, 6) is -0.855. The minimum Gasteiger partial charge on any atom is -0.462 e. The van der Waals surface area contributed by atoms with Crippen LogP contribution in [-0.2, 0) is 37.4 Å². The van der Waals surface area contributed by atoms with Crippen LogP contribution in [0.25, 0.3) is 0 Å². The molecule has 1 heterocycles. The Balaban J connectivity index is 2.16. The van der Waals surface area contributed by atoms with Crippen molar-refractivity contribution in [2.75, 3.05) is 26.4 Å². The molecule has 0 aliphatic carbocycles. The molecule has 0 aromatic rings. The van der Waals surface area contributed by atoms with Gasteiger partial charge in [0.1, 0.15) is 6.61 Å². The Morgan fingerprint density at radius 2 is 1.16 bits per heavy atom. The zero-order valence-electron chi connectivity index (χ0n) is 35.6. The smallest absolute Gasteiger partial charge is 0.462 e. The highest BCUT2D eigenvalue weighted by Gasteiger charge is 2.36. The molecule has 0 aromatic carbocycles. The molecular weight excluding hydrogens is 729 g/mol. The molecule has 3 unspecified atom stereocenters. The molecule has 56 heavy (non-hydrogen) atoms. The molecule has 11 heteroatoms. The first-order valence-electron chi connectivity index (χ1n) is 22.6. The summed E-state index contributed by atoms with van der Waals surface area (Å²) in [5, 5.41) is 0. The molecule has 0 saturated carbocycles. The van der Waals surface area contributed by atoms with E-state index in [4.69, 9.17) is 29.0 Å². The second-order valence-corrected chi connectivity index (χ2v) is 16.8. The van der Waals surface area contributed by atoms with Crippen LogP contribution in [0.4, 0.5) is 0 Å². The minimum absolute atomic E-state index is 0.0472. The molecule has 1 fully saturated rings. The summed E-state index contributed by atoms with van der Waals surface area (Å²) in [6.45, 7) is 3.65. The summed E-state index contributed by atoms with van der Waals surface area (Å²) >= 11 is 0. The third-order valence-corrected chi connectivity index (χ3v) is 10.9. The van der Waals surface area contributed by atoms with Gasteiger partial charge in [0, 0.05) is 19.4 Å². The number of carbonyl (C=O) groups is 2. The summed E-state index contributed by atoms with van der Waals surface area (Å²) in [6.07, 6.45) is 43.3. The first kappa shape index (κ1) is 52.2. The number of allylic oxidation sites excluding steroid dienone is 5. The second kappa shape index (κ2) is 37.5. The number of unbranched alkanes of at least 4 members (excludes halogenated alkanes) is 19. The SMILES string of the molecule is CCCCC/C=C\C/C=C\CCCCCCCCCCCC(=O)OC[C@H](COP(=O)(O)OCCN)OC(=O)CCCCCCCC1OC1C/C=C\CCCCC. The maximum Gasteiger partial charge on any atom is 0.472 e. The van der Waals surface area contributed by atoms with E-state index in [0.717, 1.165) is 83.5 Å². The van der Waals surface area contributed by atoms with Gasteiger partial charge in [-0.25, -0.2) is 4.57 Å². The van der Waals surface area contributed by atoms with Crippen molar-refractivity contribution in [2.45, 2.75) is 212 Å². The van der Waals surface area contributed by atoms with Gasteiger partial charge in [-0.05, 0) is 70.6 Å². The molecule has 0 bridgehead atoms. The van der Waals surface area contributed by atoms with E-state index < -0.39 is 32.5 Å². The summed E-state index contributed by atoms with van der Waals surface area (Å²) in [5.41, 5.74) is 5.35. The summed E-state index contributed by atoms with van der Waals surface area (Å²) in [4.78, 5) is 35.0. The number of rotatable bonds is 41. The van der Waals surface area contributed by atoms with Crippen LogP contribution >= 0.6 is 7.82 Å². The first-order chi connectivity index (χ1) is 27.3. The van der Waals surface area contributed by atoms with Crippen LogP contribution in [0, 0.1) is 0 Å². The fourth-order valence-corrected chi connectivity index (χ4v) is 7.20. The number of nitrogens with two attached hydrogens (primary N) is 1. The van der Waals surface area contributed by atoms with Crippen LogP contribution in [-0.4, -0.2) is 61.5 Å². The Bertz CT molecular complexity index is 1080. The molecule has 0 amide bonds. The average molecular weight is 812 g/mol. The van der Waals surface area contributed by atoms with Gasteiger partial charge in [0.2, 0.25) is 0 Å². The second-order valence-electron chi connectivity index (χ2n) is 15.3. The number of esters is 2. The van der Waals surface area contributed by atoms with E-state index in [2.05, 4.69) is 50.3 Å². The maximum absolute atomic E-state index is 12.6.